The molecule has 1 aliphatic heterocycles. The van der Waals surface area contributed by atoms with Gasteiger partial charge in [0.25, 0.3) is 0 Å². The molecule has 0 radical (unpaired) electrons. The number of furan rings is 1. The highest BCUT2D eigenvalue weighted by Gasteiger charge is 2.29. The van der Waals surface area contributed by atoms with E-state index >= 15 is 0 Å². The third-order valence-electron chi connectivity index (χ3n) is 4.56. The highest BCUT2D eigenvalue weighted by molar-refractivity contribution is 5.23. The van der Waals surface area contributed by atoms with Crippen LogP contribution in [-0.4, -0.2) is 46.0 Å². The van der Waals surface area contributed by atoms with E-state index in [-0.39, 0.29) is 11.5 Å². The van der Waals surface area contributed by atoms with E-state index in [1.807, 2.05) is 12.3 Å². The SMILES string of the molecule is CC(C)(C)c1[nH]ncc1CN1CCOCC1CC(O)c1ccco1. The Morgan fingerprint density at radius 2 is 2.29 bits per heavy atom. The van der Waals surface area contributed by atoms with Gasteiger partial charge in [-0.25, -0.2) is 0 Å². The average Bonchev–Trinajstić information content (AvgIpc) is 3.19. The first-order valence-electron chi connectivity index (χ1n) is 8.51. The van der Waals surface area contributed by atoms with E-state index in [1.54, 1.807) is 12.3 Å². The summed E-state index contributed by atoms with van der Waals surface area (Å²) in [7, 11) is 0. The summed E-state index contributed by atoms with van der Waals surface area (Å²) in [5.41, 5.74) is 2.41. The van der Waals surface area contributed by atoms with Gasteiger partial charge in [0.1, 0.15) is 11.9 Å². The van der Waals surface area contributed by atoms with Crippen LogP contribution in [0.15, 0.2) is 29.0 Å². The number of aliphatic hydroxyl groups is 1. The maximum absolute atomic E-state index is 10.4. The van der Waals surface area contributed by atoms with Gasteiger partial charge in [0, 0.05) is 35.8 Å². The minimum absolute atomic E-state index is 0.0291. The Bertz CT molecular complexity index is 630. The average molecular weight is 333 g/mol. The van der Waals surface area contributed by atoms with Gasteiger partial charge in [-0.15, -0.1) is 0 Å². The summed E-state index contributed by atoms with van der Waals surface area (Å²) in [6.07, 6.45) is 3.49. The molecular formula is C18H27N3O3. The first-order chi connectivity index (χ1) is 11.4. The Morgan fingerprint density at radius 3 is 3.00 bits per heavy atom. The number of nitrogens with zero attached hydrogens (tertiary/aromatic N) is 2. The van der Waals surface area contributed by atoms with E-state index in [4.69, 9.17) is 9.15 Å². The van der Waals surface area contributed by atoms with Crippen LogP contribution >= 0.6 is 0 Å². The zero-order chi connectivity index (χ0) is 17.2. The number of ether oxygens (including phenoxy) is 1. The van der Waals surface area contributed by atoms with Crippen molar-refractivity contribution in [3.63, 3.8) is 0 Å². The Morgan fingerprint density at radius 1 is 1.46 bits per heavy atom. The van der Waals surface area contributed by atoms with E-state index in [2.05, 4.69) is 35.9 Å². The van der Waals surface area contributed by atoms with E-state index in [1.165, 1.54) is 11.3 Å². The fourth-order valence-electron chi connectivity index (χ4n) is 3.27. The van der Waals surface area contributed by atoms with Gasteiger partial charge >= 0.3 is 0 Å². The van der Waals surface area contributed by atoms with E-state index in [0.717, 1.165) is 19.7 Å². The molecule has 132 valence electrons. The third-order valence-corrected chi connectivity index (χ3v) is 4.56. The van der Waals surface area contributed by atoms with E-state index in [0.29, 0.717) is 18.8 Å². The highest BCUT2D eigenvalue weighted by Crippen LogP contribution is 2.27. The predicted molar refractivity (Wildman–Crippen MR) is 90.6 cm³/mol. The first-order valence-corrected chi connectivity index (χ1v) is 8.51. The van der Waals surface area contributed by atoms with Crippen molar-refractivity contribution < 1.29 is 14.3 Å². The van der Waals surface area contributed by atoms with Crippen LogP contribution in [-0.2, 0) is 16.7 Å². The first kappa shape index (κ1) is 17.2. The lowest BCUT2D eigenvalue weighted by Gasteiger charge is -2.36. The van der Waals surface area contributed by atoms with Crippen LogP contribution in [0.25, 0.3) is 0 Å². The number of aromatic amines is 1. The highest BCUT2D eigenvalue weighted by atomic mass is 16.5. The molecule has 1 aliphatic rings. The molecule has 3 rings (SSSR count). The molecule has 0 saturated carbocycles. The van der Waals surface area contributed by atoms with Gasteiger partial charge in [-0.05, 0) is 18.6 Å². The topological polar surface area (TPSA) is 74.5 Å². The maximum atomic E-state index is 10.4. The van der Waals surface area contributed by atoms with Crippen molar-refractivity contribution in [2.45, 2.75) is 51.3 Å². The van der Waals surface area contributed by atoms with Crippen molar-refractivity contribution in [2.75, 3.05) is 19.8 Å². The fourth-order valence-corrected chi connectivity index (χ4v) is 3.27. The minimum atomic E-state index is -0.611. The summed E-state index contributed by atoms with van der Waals surface area (Å²) in [4.78, 5) is 2.37. The summed E-state index contributed by atoms with van der Waals surface area (Å²) in [5.74, 6) is 0.610. The normalized spacial score (nSPS) is 21.1. The van der Waals surface area contributed by atoms with Crippen LogP contribution in [0.1, 0.15) is 50.3 Å². The number of morpholine rings is 1. The lowest BCUT2D eigenvalue weighted by Crippen LogP contribution is -2.45. The molecule has 0 spiro atoms. The summed E-state index contributed by atoms with van der Waals surface area (Å²) in [5, 5.41) is 17.8. The molecule has 2 atom stereocenters. The van der Waals surface area contributed by atoms with Crippen molar-refractivity contribution in [1.82, 2.24) is 15.1 Å². The van der Waals surface area contributed by atoms with Gasteiger partial charge in [-0.3, -0.25) is 10.00 Å². The summed E-state index contributed by atoms with van der Waals surface area (Å²) in [6, 6.07) is 3.77. The minimum Gasteiger partial charge on any atom is -0.467 e. The molecule has 6 heteroatoms. The van der Waals surface area contributed by atoms with Gasteiger partial charge in [0.15, 0.2) is 0 Å². The second-order valence-corrected chi connectivity index (χ2v) is 7.49. The van der Waals surface area contributed by atoms with Crippen molar-refractivity contribution in [3.05, 3.63) is 41.6 Å². The summed E-state index contributed by atoms with van der Waals surface area (Å²) < 4.78 is 11.0. The molecule has 0 aromatic carbocycles. The molecule has 24 heavy (non-hydrogen) atoms. The predicted octanol–water partition coefficient (Wildman–Crippen LogP) is 2.62. The molecule has 2 aromatic heterocycles. The third kappa shape index (κ3) is 3.88. The van der Waals surface area contributed by atoms with Crippen LogP contribution in [0.4, 0.5) is 0 Å². The van der Waals surface area contributed by atoms with E-state index < -0.39 is 6.10 Å². The van der Waals surface area contributed by atoms with Crippen LogP contribution in [0, 0.1) is 0 Å². The van der Waals surface area contributed by atoms with Crippen molar-refractivity contribution in [3.8, 4) is 0 Å². The Labute approximate surface area is 142 Å². The Kier molecular flexibility index (Phi) is 5.08. The van der Waals surface area contributed by atoms with Crippen LogP contribution in [0.2, 0.25) is 0 Å². The lowest BCUT2D eigenvalue weighted by atomic mass is 9.89. The van der Waals surface area contributed by atoms with Crippen molar-refractivity contribution in [1.29, 1.82) is 0 Å². The van der Waals surface area contributed by atoms with Crippen LogP contribution < -0.4 is 0 Å². The van der Waals surface area contributed by atoms with Crippen molar-refractivity contribution in [2.24, 2.45) is 0 Å². The van der Waals surface area contributed by atoms with E-state index in [9.17, 15) is 5.11 Å². The number of H-pyrrole nitrogens is 1. The maximum Gasteiger partial charge on any atom is 0.132 e. The molecule has 0 aliphatic carbocycles. The standard InChI is InChI=1S/C18H27N3O3/c1-18(2,3)17-13(10-19-20-17)11-21-6-8-23-12-14(21)9-15(22)16-5-4-7-24-16/h4-5,7,10,14-15,22H,6,8-9,11-12H2,1-3H3,(H,19,20). The second kappa shape index (κ2) is 7.09. The van der Waals surface area contributed by atoms with Gasteiger partial charge in [-0.1, -0.05) is 20.8 Å². The molecule has 2 aromatic rings. The molecule has 0 amide bonds. The van der Waals surface area contributed by atoms with Gasteiger partial charge in [0.2, 0.25) is 0 Å². The number of aromatic nitrogens is 2. The molecule has 3 heterocycles. The van der Waals surface area contributed by atoms with Crippen LogP contribution in [0.3, 0.4) is 0 Å². The molecule has 0 bridgehead atoms. The van der Waals surface area contributed by atoms with Gasteiger partial charge < -0.3 is 14.3 Å². The molecule has 2 unspecified atom stereocenters. The molecule has 6 nitrogen and oxygen atoms in total. The largest absolute Gasteiger partial charge is 0.467 e. The molecule has 1 saturated heterocycles. The zero-order valence-electron chi connectivity index (χ0n) is 14.7. The monoisotopic (exact) mass is 333 g/mol. The second-order valence-electron chi connectivity index (χ2n) is 7.49. The van der Waals surface area contributed by atoms with Crippen LogP contribution in [0.5, 0.6) is 0 Å². The summed E-state index contributed by atoms with van der Waals surface area (Å²) in [6.45, 7) is 9.55. The van der Waals surface area contributed by atoms with Gasteiger partial charge in [-0.2, -0.15) is 5.10 Å². The molecular weight excluding hydrogens is 306 g/mol. The quantitative estimate of drug-likeness (QED) is 0.880. The number of aliphatic hydroxyl groups excluding tert-OH is 1. The van der Waals surface area contributed by atoms with Crippen molar-refractivity contribution >= 4 is 0 Å². The lowest BCUT2D eigenvalue weighted by molar-refractivity contribution is -0.0324. The number of nitrogens with one attached hydrogen (secondary N) is 1. The Balaban J connectivity index is 1.70. The number of hydrogen-bond acceptors (Lipinski definition) is 5. The fraction of sp³-hybridized carbons (Fsp3) is 0.611. The number of hydrogen-bond donors (Lipinski definition) is 2. The number of rotatable bonds is 5. The summed E-state index contributed by atoms with van der Waals surface area (Å²) >= 11 is 0. The smallest absolute Gasteiger partial charge is 0.132 e. The zero-order valence-corrected chi connectivity index (χ0v) is 14.7. The molecule has 1 fully saturated rings. The Hall–Kier alpha value is -1.63. The van der Waals surface area contributed by atoms with Gasteiger partial charge in [0.05, 0.1) is 25.7 Å². The molecule has 2 N–H and O–H groups in total.